The second-order valence-corrected chi connectivity index (χ2v) is 3.98. The van der Waals surface area contributed by atoms with Crippen LogP contribution in [0, 0.1) is 0 Å². The van der Waals surface area contributed by atoms with Gasteiger partial charge in [-0.3, -0.25) is 0 Å². The third-order valence-electron chi connectivity index (χ3n) is 2.71. The van der Waals surface area contributed by atoms with Crippen LogP contribution in [0.4, 0.5) is 5.82 Å². The maximum Gasteiger partial charge on any atom is 0.348 e. The van der Waals surface area contributed by atoms with Crippen molar-refractivity contribution in [2.75, 3.05) is 31.7 Å². The van der Waals surface area contributed by atoms with E-state index >= 15 is 0 Å². The summed E-state index contributed by atoms with van der Waals surface area (Å²) in [5, 5.41) is 9.35. The molecule has 8 heteroatoms. The molecule has 1 atom stereocenters. The summed E-state index contributed by atoms with van der Waals surface area (Å²) in [4.78, 5) is 15.4. The van der Waals surface area contributed by atoms with Crippen molar-refractivity contribution in [1.82, 2.24) is 19.6 Å². The Hall–Kier alpha value is -1.93. The molecule has 0 aromatic carbocycles. The van der Waals surface area contributed by atoms with E-state index in [0.29, 0.717) is 37.8 Å². The molecule has 18 heavy (non-hydrogen) atoms. The molecule has 0 aliphatic carbocycles. The van der Waals surface area contributed by atoms with Gasteiger partial charge in [0, 0.05) is 12.6 Å². The Labute approximate surface area is 102 Å². The first-order valence-electron chi connectivity index (χ1n) is 5.69. The fourth-order valence-corrected chi connectivity index (χ4v) is 1.78. The minimum Gasteiger partial charge on any atom is -0.376 e. The van der Waals surface area contributed by atoms with E-state index in [1.165, 1.54) is 10.7 Å². The predicted octanol–water partition coefficient (Wildman–Crippen LogP) is -0.755. The van der Waals surface area contributed by atoms with Crippen LogP contribution in [0.3, 0.4) is 0 Å². The van der Waals surface area contributed by atoms with Gasteiger partial charge in [-0.2, -0.15) is 5.10 Å². The lowest BCUT2D eigenvalue weighted by Gasteiger charge is -2.23. The van der Waals surface area contributed by atoms with Crippen molar-refractivity contribution in [3.63, 3.8) is 0 Å². The molecule has 2 aromatic rings. The van der Waals surface area contributed by atoms with Gasteiger partial charge in [0.05, 0.1) is 25.9 Å². The highest BCUT2D eigenvalue weighted by Crippen LogP contribution is 2.06. The minimum absolute atomic E-state index is 0.0261. The van der Waals surface area contributed by atoms with Crippen LogP contribution >= 0.6 is 0 Å². The van der Waals surface area contributed by atoms with E-state index in [1.807, 2.05) is 0 Å². The second-order valence-electron chi connectivity index (χ2n) is 3.98. The lowest BCUT2D eigenvalue weighted by atomic mass is 10.3. The Morgan fingerprint density at radius 2 is 2.50 bits per heavy atom. The predicted molar refractivity (Wildman–Crippen MR) is 62.7 cm³/mol. The normalized spacial score (nSPS) is 20.1. The zero-order valence-corrected chi connectivity index (χ0v) is 9.63. The number of ether oxygens (including phenoxy) is 2. The first-order chi connectivity index (χ1) is 8.83. The summed E-state index contributed by atoms with van der Waals surface area (Å²) in [6.45, 7) is 2.46. The van der Waals surface area contributed by atoms with Crippen molar-refractivity contribution < 1.29 is 9.47 Å². The summed E-state index contributed by atoms with van der Waals surface area (Å²) in [6, 6.07) is 1.70. The molecule has 2 aromatic heterocycles. The lowest BCUT2D eigenvalue weighted by molar-refractivity contribution is -0.0819. The third-order valence-corrected chi connectivity index (χ3v) is 2.71. The van der Waals surface area contributed by atoms with Crippen LogP contribution in [0.25, 0.3) is 5.65 Å². The molecule has 2 N–H and O–H groups in total. The third kappa shape index (κ3) is 2.20. The number of rotatable bonds is 3. The average Bonchev–Trinajstić information content (AvgIpc) is 2.79. The quantitative estimate of drug-likeness (QED) is 0.745. The summed E-state index contributed by atoms with van der Waals surface area (Å²) in [6.07, 6.45) is 1.46. The smallest absolute Gasteiger partial charge is 0.348 e. The first kappa shape index (κ1) is 11.2. The molecule has 8 nitrogen and oxygen atoms in total. The van der Waals surface area contributed by atoms with Gasteiger partial charge in [-0.25, -0.2) is 19.3 Å². The summed E-state index contributed by atoms with van der Waals surface area (Å²) < 4.78 is 12.1. The number of hydrogen-bond acceptors (Lipinski definition) is 6. The van der Waals surface area contributed by atoms with Crippen LogP contribution < -0.4 is 11.0 Å². The zero-order valence-electron chi connectivity index (χ0n) is 9.63. The highest BCUT2D eigenvalue weighted by molar-refractivity contribution is 5.48. The van der Waals surface area contributed by atoms with Crippen LogP contribution in [0.1, 0.15) is 0 Å². The van der Waals surface area contributed by atoms with E-state index in [4.69, 9.17) is 9.47 Å². The average molecular weight is 251 g/mol. The van der Waals surface area contributed by atoms with Gasteiger partial charge in [0.1, 0.15) is 12.1 Å². The molecule has 3 heterocycles. The van der Waals surface area contributed by atoms with E-state index in [9.17, 15) is 4.79 Å². The molecule has 0 saturated carbocycles. The van der Waals surface area contributed by atoms with Crippen LogP contribution in [0.15, 0.2) is 17.2 Å². The molecule has 3 rings (SSSR count). The first-order valence-corrected chi connectivity index (χ1v) is 5.69. The molecule has 1 aliphatic heterocycles. The van der Waals surface area contributed by atoms with Gasteiger partial charge in [0.15, 0.2) is 5.65 Å². The van der Waals surface area contributed by atoms with E-state index in [0.717, 1.165) is 0 Å². The lowest BCUT2D eigenvalue weighted by Crippen LogP contribution is -2.34. The van der Waals surface area contributed by atoms with Crippen LogP contribution in [0.5, 0.6) is 0 Å². The van der Waals surface area contributed by atoms with Gasteiger partial charge in [0.2, 0.25) is 0 Å². The Bertz CT molecular complexity index is 586. The van der Waals surface area contributed by atoms with Crippen molar-refractivity contribution in [3.8, 4) is 0 Å². The van der Waals surface area contributed by atoms with Crippen molar-refractivity contribution in [2.45, 2.75) is 6.10 Å². The van der Waals surface area contributed by atoms with Gasteiger partial charge in [-0.15, -0.1) is 0 Å². The van der Waals surface area contributed by atoms with E-state index in [2.05, 4.69) is 20.5 Å². The Kier molecular flexibility index (Phi) is 2.95. The van der Waals surface area contributed by atoms with Crippen LogP contribution in [-0.4, -0.2) is 52.1 Å². The van der Waals surface area contributed by atoms with Gasteiger partial charge in [-0.05, 0) is 0 Å². The minimum atomic E-state index is -0.298. The molecular formula is C10H13N5O3. The fraction of sp³-hybridized carbons (Fsp3) is 0.500. The molecular weight excluding hydrogens is 238 g/mol. The topological polar surface area (TPSA) is 93.5 Å². The van der Waals surface area contributed by atoms with Crippen LogP contribution in [-0.2, 0) is 9.47 Å². The Morgan fingerprint density at radius 1 is 1.56 bits per heavy atom. The number of aromatic nitrogens is 4. The van der Waals surface area contributed by atoms with E-state index in [-0.39, 0.29) is 11.8 Å². The molecule has 0 radical (unpaired) electrons. The summed E-state index contributed by atoms with van der Waals surface area (Å²) in [5.74, 6) is 0.649. The number of nitrogens with zero attached hydrogens (tertiary/aromatic N) is 3. The summed E-state index contributed by atoms with van der Waals surface area (Å²) in [7, 11) is 0. The molecule has 0 spiro atoms. The summed E-state index contributed by atoms with van der Waals surface area (Å²) >= 11 is 0. The Morgan fingerprint density at radius 3 is 3.33 bits per heavy atom. The molecule has 1 aliphatic rings. The van der Waals surface area contributed by atoms with Crippen molar-refractivity contribution in [3.05, 3.63) is 22.9 Å². The summed E-state index contributed by atoms with van der Waals surface area (Å²) in [5.41, 5.74) is 0.228. The highest BCUT2D eigenvalue weighted by atomic mass is 16.6. The molecule has 0 bridgehead atoms. The molecule has 0 amide bonds. The number of anilines is 1. The molecule has 1 unspecified atom stereocenters. The number of fused-ring (bicyclic) bond motifs is 1. The van der Waals surface area contributed by atoms with Crippen molar-refractivity contribution in [2.24, 2.45) is 0 Å². The van der Waals surface area contributed by atoms with Gasteiger partial charge < -0.3 is 14.8 Å². The van der Waals surface area contributed by atoms with Gasteiger partial charge >= 0.3 is 5.69 Å². The van der Waals surface area contributed by atoms with E-state index in [1.54, 1.807) is 6.07 Å². The van der Waals surface area contributed by atoms with Crippen molar-refractivity contribution in [1.29, 1.82) is 0 Å². The maximum atomic E-state index is 11.2. The van der Waals surface area contributed by atoms with E-state index < -0.39 is 0 Å². The van der Waals surface area contributed by atoms with Gasteiger partial charge in [-0.1, -0.05) is 0 Å². The largest absolute Gasteiger partial charge is 0.376 e. The molecule has 1 saturated heterocycles. The highest BCUT2D eigenvalue weighted by Gasteiger charge is 2.14. The molecule has 1 fully saturated rings. The van der Waals surface area contributed by atoms with Gasteiger partial charge in [0.25, 0.3) is 0 Å². The standard InChI is InChI=1S/C10H13N5O3/c16-10-14-13-9-3-8(12-6-15(9)10)11-4-7-5-17-1-2-18-7/h3,6-7,11H,1-2,4-5H2,(H,14,16). The second kappa shape index (κ2) is 4.75. The number of H-pyrrole nitrogens is 1. The monoisotopic (exact) mass is 251 g/mol. The van der Waals surface area contributed by atoms with Crippen molar-refractivity contribution >= 4 is 11.5 Å². The number of hydrogen-bond donors (Lipinski definition) is 2. The maximum absolute atomic E-state index is 11.2. The zero-order chi connectivity index (χ0) is 12.4. The number of aromatic amines is 1. The van der Waals surface area contributed by atoms with Crippen LogP contribution in [0.2, 0.25) is 0 Å². The fourth-order valence-electron chi connectivity index (χ4n) is 1.78. The number of nitrogens with one attached hydrogen (secondary N) is 2. The molecule has 96 valence electrons. The Balaban J connectivity index is 1.68. The SMILES string of the molecule is O=c1[nH]nc2cc(NCC3COCCO3)ncn12.